The number of anilines is 1. The highest BCUT2D eigenvalue weighted by Gasteiger charge is 2.30. The molecule has 1 aliphatic carbocycles. The van der Waals surface area contributed by atoms with E-state index in [0.717, 1.165) is 56.4 Å². The summed E-state index contributed by atoms with van der Waals surface area (Å²) >= 11 is 1.48. The Balaban J connectivity index is 1.24. The predicted molar refractivity (Wildman–Crippen MR) is 142 cm³/mol. The Kier molecular flexibility index (Phi) is 5.65. The van der Waals surface area contributed by atoms with Gasteiger partial charge < -0.3 is 20.4 Å². The molecule has 36 heavy (non-hydrogen) atoms. The van der Waals surface area contributed by atoms with E-state index >= 15 is 0 Å². The molecule has 1 fully saturated rings. The molecule has 2 heterocycles. The van der Waals surface area contributed by atoms with Crippen LogP contribution in [0.1, 0.15) is 28.8 Å². The summed E-state index contributed by atoms with van der Waals surface area (Å²) in [6, 6.07) is 19.8. The monoisotopic (exact) mass is 496 g/mol. The van der Waals surface area contributed by atoms with Gasteiger partial charge in [-0.1, -0.05) is 35.6 Å². The summed E-state index contributed by atoms with van der Waals surface area (Å²) in [7, 11) is 1.62. The number of thiazole rings is 1. The molecule has 180 valence electrons. The molecule has 6 rings (SSSR count). The van der Waals surface area contributed by atoms with Crippen LogP contribution in [0.25, 0.3) is 32.2 Å². The van der Waals surface area contributed by atoms with Crippen LogP contribution < -0.4 is 15.4 Å². The quantitative estimate of drug-likeness (QED) is 0.268. The summed E-state index contributed by atoms with van der Waals surface area (Å²) in [5.74, 6) is 0.816. The molecule has 2 aromatic heterocycles. The van der Waals surface area contributed by atoms with Crippen LogP contribution in [0.15, 0.2) is 66.9 Å². The molecule has 0 atom stereocenters. The fraction of sp³-hybridized carbons (Fsp3) is 0.179. The normalized spacial score (nSPS) is 13.1. The Bertz CT molecular complexity index is 1620. The van der Waals surface area contributed by atoms with E-state index in [-0.39, 0.29) is 17.7 Å². The number of benzene rings is 3. The number of ether oxygens (including phenoxy) is 1. The van der Waals surface area contributed by atoms with Gasteiger partial charge in [-0.05, 0) is 65.9 Å². The molecule has 0 unspecified atom stereocenters. The molecule has 2 amide bonds. The van der Waals surface area contributed by atoms with Crippen molar-refractivity contribution >= 4 is 49.4 Å². The number of nitrogens with zero attached hydrogens (tertiary/aromatic N) is 1. The zero-order valence-electron chi connectivity index (χ0n) is 19.6. The Morgan fingerprint density at radius 1 is 1.08 bits per heavy atom. The van der Waals surface area contributed by atoms with E-state index < -0.39 is 0 Å². The van der Waals surface area contributed by atoms with Crippen molar-refractivity contribution in [2.75, 3.05) is 12.4 Å². The van der Waals surface area contributed by atoms with Crippen molar-refractivity contribution in [1.29, 1.82) is 0 Å². The number of fused-ring (bicyclic) bond motifs is 2. The van der Waals surface area contributed by atoms with Crippen molar-refractivity contribution in [3.63, 3.8) is 0 Å². The van der Waals surface area contributed by atoms with Gasteiger partial charge in [0, 0.05) is 29.6 Å². The van der Waals surface area contributed by atoms with Gasteiger partial charge in [-0.3, -0.25) is 9.59 Å². The summed E-state index contributed by atoms with van der Waals surface area (Å²) in [5, 5.41) is 7.43. The van der Waals surface area contributed by atoms with E-state index in [1.54, 1.807) is 13.3 Å². The summed E-state index contributed by atoms with van der Waals surface area (Å²) in [5.41, 5.74) is 5.34. The molecule has 0 bridgehead atoms. The van der Waals surface area contributed by atoms with Crippen LogP contribution in [-0.4, -0.2) is 28.9 Å². The minimum atomic E-state index is -0.143. The lowest BCUT2D eigenvalue weighted by Crippen LogP contribution is -2.22. The van der Waals surface area contributed by atoms with Crippen LogP contribution in [0, 0.1) is 5.92 Å². The Morgan fingerprint density at radius 2 is 1.92 bits per heavy atom. The fourth-order valence-corrected chi connectivity index (χ4v) is 5.17. The number of rotatable bonds is 7. The van der Waals surface area contributed by atoms with E-state index in [1.807, 2.05) is 54.6 Å². The lowest BCUT2D eigenvalue weighted by molar-refractivity contribution is -0.117. The van der Waals surface area contributed by atoms with E-state index in [1.165, 1.54) is 11.3 Å². The number of hydrogen-bond donors (Lipinski definition) is 3. The highest BCUT2D eigenvalue weighted by molar-refractivity contribution is 7.22. The van der Waals surface area contributed by atoms with Crippen LogP contribution in [-0.2, 0) is 11.3 Å². The predicted octanol–water partition coefficient (Wildman–Crippen LogP) is 5.73. The molecule has 8 heteroatoms. The average molecular weight is 497 g/mol. The van der Waals surface area contributed by atoms with Crippen molar-refractivity contribution < 1.29 is 14.3 Å². The molecule has 0 aliphatic heterocycles. The van der Waals surface area contributed by atoms with Crippen molar-refractivity contribution in [3.05, 3.63) is 78.0 Å². The molecule has 3 N–H and O–H groups in total. The summed E-state index contributed by atoms with van der Waals surface area (Å²) < 4.78 is 6.27. The van der Waals surface area contributed by atoms with Crippen LogP contribution >= 0.6 is 11.3 Å². The molecule has 0 spiro atoms. The molecular weight excluding hydrogens is 472 g/mol. The first-order chi connectivity index (χ1) is 17.6. The zero-order chi connectivity index (χ0) is 24.6. The molecule has 1 aliphatic rings. The second-order valence-electron chi connectivity index (χ2n) is 8.96. The van der Waals surface area contributed by atoms with E-state index in [2.05, 4.69) is 26.7 Å². The highest BCUT2D eigenvalue weighted by Crippen LogP contribution is 2.34. The number of carbonyl (C=O) groups is 2. The number of methoxy groups -OCH3 is 1. The third-order valence-corrected chi connectivity index (χ3v) is 7.35. The van der Waals surface area contributed by atoms with Crippen molar-refractivity contribution in [3.8, 4) is 16.9 Å². The van der Waals surface area contributed by atoms with Crippen LogP contribution in [0.4, 0.5) is 5.13 Å². The Hall–Kier alpha value is -4.17. The van der Waals surface area contributed by atoms with Crippen molar-refractivity contribution in [2.24, 2.45) is 5.92 Å². The van der Waals surface area contributed by atoms with Crippen molar-refractivity contribution in [1.82, 2.24) is 15.3 Å². The largest absolute Gasteiger partial charge is 0.497 e. The molecule has 5 aromatic rings. The minimum absolute atomic E-state index is 0.0596. The van der Waals surface area contributed by atoms with E-state index in [0.29, 0.717) is 17.2 Å². The molecule has 1 saturated carbocycles. The number of nitrogens with one attached hydrogen (secondary N) is 3. The molecule has 7 nitrogen and oxygen atoms in total. The Labute approximate surface area is 211 Å². The zero-order valence-corrected chi connectivity index (χ0v) is 20.4. The highest BCUT2D eigenvalue weighted by atomic mass is 32.1. The maximum absolute atomic E-state index is 13.0. The van der Waals surface area contributed by atoms with Crippen LogP contribution in [0.2, 0.25) is 0 Å². The number of amides is 2. The smallest absolute Gasteiger partial charge is 0.253 e. The second-order valence-corrected chi connectivity index (χ2v) is 9.99. The maximum atomic E-state index is 13.0. The number of hydrogen-bond acceptors (Lipinski definition) is 5. The maximum Gasteiger partial charge on any atom is 0.253 e. The Morgan fingerprint density at radius 3 is 2.75 bits per heavy atom. The molecule has 0 radical (unpaired) electrons. The lowest BCUT2D eigenvalue weighted by Gasteiger charge is -2.07. The second kappa shape index (κ2) is 9.13. The average Bonchev–Trinajstić information content (AvgIpc) is 3.55. The molecule has 0 saturated heterocycles. The lowest BCUT2D eigenvalue weighted by atomic mass is 10.0. The van der Waals surface area contributed by atoms with Gasteiger partial charge in [0.2, 0.25) is 5.91 Å². The van der Waals surface area contributed by atoms with Gasteiger partial charge in [-0.25, -0.2) is 4.98 Å². The summed E-state index contributed by atoms with van der Waals surface area (Å²) in [6.45, 7) is 0.407. The van der Waals surface area contributed by atoms with Gasteiger partial charge in [-0.2, -0.15) is 0 Å². The number of aromatic nitrogens is 2. The summed E-state index contributed by atoms with van der Waals surface area (Å²) in [4.78, 5) is 32.9. The fourth-order valence-electron chi connectivity index (χ4n) is 4.26. The van der Waals surface area contributed by atoms with E-state index in [9.17, 15) is 9.59 Å². The first-order valence-corrected chi connectivity index (χ1v) is 12.6. The van der Waals surface area contributed by atoms with Gasteiger partial charge in [0.05, 0.1) is 22.9 Å². The van der Waals surface area contributed by atoms with Gasteiger partial charge >= 0.3 is 0 Å². The van der Waals surface area contributed by atoms with Crippen molar-refractivity contribution in [2.45, 2.75) is 19.4 Å². The number of carbonyl (C=O) groups excluding carboxylic acids is 2. The molecular formula is C28H24N4O3S. The third-order valence-electron chi connectivity index (χ3n) is 6.41. The SMILES string of the molecule is COc1cccc(CNC(=O)c2c[nH]c3ccc(-c4ccc5nc(NC(=O)C6CC6)sc5c4)cc23)c1. The first-order valence-electron chi connectivity index (χ1n) is 11.8. The van der Waals surface area contributed by atoms with Gasteiger partial charge in [0.1, 0.15) is 5.75 Å². The first kappa shape index (κ1) is 22.3. The van der Waals surface area contributed by atoms with Crippen LogP contribution in [0.5, 0.6) is 5.75 Å². The third kappa shape index (κ3) is 4.43. The van der Waals surface area contributed by atoms with Crippen LogP contribution in [0.3, 0.4) is 0 Å². The molecule has 3 aromatic carbocycles. The number of aromatic amines is 1. The topological polar surface area (TPSA) is 96.1 Å². The van der Waals surface area contributed by atoms with E-state index in [4.69, 9.17) is 4.74 Å². The minimum Gasteiger partial charge on any atom is -0.497 e. The summed E-state index contributed by atoms with van der Waals surface area (Å²) in [6.07, 6.45) is 3.67. The number of H-pyrrole nitrogens is 1. The van der Waals surface area contributed by atoms with Gasteiger partial charge in [0.15, 0.2) is 5.13 Å². The van der Waals surface area contributed by atoms with Gasteiger partial charge in [0.25, 0.3) is 5.91 Å². The van der Waals surface area contributed by atoms with Gasteiger partial charge in [-0.15, -0.1) is 0 Å². The standard InChI is InChI=1S/C28H24N4O3S/c1-35-20-4-2-3-16(11-20)14-30-27(34)22-15-29-23-9-7-18(12-21(22)23)19-8-10-24-25(13-19)36-28(31-24)32-26(33)17-5-6-17/h2-4,7-13,15,17,29H,5-6,14H2,1H3,(H,30,34)(H,31,32,33).